The summed E-state index contributed by atoms with van der Waals surface area (Å²) < 4.78 is 11.3. The molecule has 0 aromatic heterocycles. The first-order valence-corrected chi connectivity index (χ1v) is 8.46. The van der Waals surface area contributed by atoms with Crippen LogP contribution in [0.2, 0.25) is 0 Å². The molecule has 1 aliphatic heterocycles. The Kier molecular flexibility index (Phi) is 6.67. The summed E-state index contributed by atoms with van der Waals surface area (Å²) in [6.45, 7) is 9.93. The zero-order valence-corrected chi connectivity index (χ0v) is 12.6. The molecule has 1 saturated heterocycles. The van der Waals surface area contributed by atoms with Gasteiger partial charge in [0.15, 0.2) is 0 Å². The lowest BCUT2D eigenvalue weighted by Gasteiger charge is -2.38. The van der Waals surface area contributed by atoms with E-state index in [1.807, 2.05) is 6.26 Å². The van der Waals surface area contributed by atoms with E-state index in [4.69, 9.17) is 0 Å². The van der Waals surface area contributed by atoms with Crippen molar-refractivity contribution in [2.24, 2.45) is 0 Å². The molecule has 0 aliphatic carbocycles. The number of nitrogens with one attached hydrogen (secondary N) is 1. The lowest BCUT2D eigenvalue weighted by molar-refractivity contribution is 0.135. The summed E-state index contributed by atoms with van der Waals surface area (Å²) in [6, 6.07) is 1.36. The first-order valence-electron chi connectivity index (χ1n) is 6.84. The van der Waals surface area contributed by atoms with Gasteiger partial charge in [0.2, 0.25) is 0 Å². The van der Waals surface area contributed by atoms with Crippen molar-refractivity contribution in [1.82, 2.24) is 10.2 Å². The Balaban J connectivity index is 2.29. The minimum atomic E-state index is -0.675. The normalized spacial score (nSPS) is 30.1. The third-order valence-corrected chi connectivity index (χ3v) is 5.26. The van der Waals surface area contributed by atoms with Gasteiger partial charge in [0, 0.05) is 34.4 Å². The second-order valence-corrected chi connectivity index (χ2v) is 7.06. The van der Waals surface area contributed by atoms with Crippen molar-refractivity contribution in [1.29, 1.82) is 0 Å². The molecule has 17 heavy (non-hydrogen) atoms. The minimum absolute atomic E-state index is 0.327. The van der Waals surface area contributed by atoms with Crippen LogP contribution in [0.15, 0.2) is 0 Å². The van der Waals surface area contributed by atoms with Gasteiger partial charge in [0.05, 0.1) is 0 Å². The monoisotopic (exact) mass is 260 g/mol. The molecule has 4 atom stereocenters. The Labute approximate surface area is 109 Å². The van der Waals surface area contributed by atoms with Gasteiger partial charge in [-0.2, -0.15) is 0 Å². The van der Waals surface area contributed by atoms with Crippen molar-refractivity contribution in [3.05, 3.63) is 0 Å². The molecular weight excluding hydrogens is 232 g/mol. The predicted molar refractivity (Wildman–Crippen MR) is 75.9 cm³/mol. The van der Waals surface area contributed by atoms with Gasteiger partial charge in [0.25, 0.3) is 0 Å². The first kappa shape index (κ1) is 15.1. The lowest BCUT2D eigenvalue weighted by Crippen LogP contribution is -2.48. The standard InChI is InChI=1S/C13H28N2OS/c1-5-14-13-7-9-15(11(2)10-13)8-6-12(3)17(4)16/h11-14H,5-10H2,1-4H3. The van der Waals surface area contributed by atoms with E-state index in [1.54, 1.807) is 0 Å². The van der Waals surface area contributed by atoms with Gasteiger partial charge in [-0.1, -0.05) is 13.8 Å². The van der Waals surface area contributed by atoms with Crippen molar-refractivity contribution in [3.63, 3.8) is 0 Å². The summed E-state index contributed by atoms with van der Waals surface area (Å²) in [7, 11) is -0.675. The van der Waals surface area contributed by atoms with Crippen molar-refractivity contribution in [2.45, 2.75) is 57.4 Å². The summed E-state index contributed by atoms with van der Waals surface area (Å²) in [5.41, 5.74) is 0. The maximum atomic E-state index is 11.3. The number of nitrogens with zero attached hydrogens (tertiary/aromatic N) is 1. The third-order valence-electron chi connectivity index (χ3n) is 3.90. The van der Waals surface area contributed by atoms with Crippen molar-refractivity contribution in [2.75, 3.05) is 25.9 Å². The number of likely N-dealkylation sites (tertiary alicyclic amines) is 1. The van der Waals surface area contributed by atoms with E-state index in [1.165, 1.54) is 19.4 Å². The van der Waals surface area contributed by atoms with E-state index < -0.39 is 10.8 Å². The lowest BCUT2D eigenvalue weighted by atomic mass is 9.98. The fraction of sp³-hybridized carbons (Fsp3) is 1.00. The predicted octanol–water partition coefficient (Wildman–Crippen LogP) is 1.61. The molecule has 0 saturated carbocycles. The third kappa shape index (κ3) is 5.06. The average Bonchev–Trinajstić information content (AvgIpc) is 2.27. The van der Waals surface area contributed by atoms with Gasteiger partial charge in [-0.25, -0.2) is 0 Å². The van der Waals surface area contributed by atoms with Gasteiger partial charge >= 0.3 is 0 Å². The molecule has 0 amide bonds. The first-order chi connectivity index (χ1) is 8.04. The number of piperidine rings is 1. The molecule has 3 nitrogen and oxygen atoms in total. The Morgan fingerprint density at radius 2 is 2.24 bits per heavy atom. The largest absolute Gasteiger partial charge is 0.314 e. The molecule has 1 N–H and O–H groups in total. The second-order valence-electron chi connectivity index (χ2n) is 5.26. The van der Waals surface area contributed by atoms with E-state index in [9.17, 15) is 4.21 Å². The fourth-order valence-corrected chi connectivity index (χ4v) is 2.98. The highest BCUT2D eigenvalue weighted by Crippen LogP contribution is 2.18. The van der Waals surface area contributed by atoms with E-state index in [0.717, 1.165) is 19.5 Å². The van der Waals surface area contributed by atoms with E-state index in [0.29, 0.717) is 17.3 Å². The molecule has 0 aromatic rings. The van der Waals surface area contributed by atoms with Crippen molar-refractivity contribution >= 4 is 10.8 Å². The van der Waals surface area contributed by atoms with Crippen LogP contribution in [-0.4, -0.2) is 52.3 Å². The summed E-state index contributed by atoms with van der Waals surface area (Å²) in [6.07, 6.45) is 5.37. The second kappa shape index (κ2) is 7.49. The quantitative estimate of drug-likeness (QED) is 0.787. The zero-order chi connectivity index (χ0) is 12.8. The van der Waals surface area contributed by atoms with Crippen LogP contribution in [0.5, 0.6) is 0 Å². The van der Waals surface area contributed by atoms with E-state index >= 15 is 0 Å². The molecule has 1 fully saturated rings. The van der Waals surface area contributed by atoms with Gasteiger partial charge in [-0.05, 0) is 45.8 Å². The summed E-state index contributed by atoms with van der Waals surface area (Å²) in [5, 5.41) is 3.87. The van der Waals surface area contributed by atoms with Gasteiger partial charge in [-0.15, -0.1) is 0 Å². The highest BCUT2D eigenvalue weighted by molar-refractivity contribution is 7.84. The number of hydrogen-bond donors (Lipinski definition) is 1. The maximum Gasteiger partial charge on any atom is 0.0329 e. The van der Waals surface area contributed by atoms with E-state index in [-0.39, 0.29) is 0 Å². The molecule has 1 aliphatic rings. The highest BCUT2D eigenvalue weighted by Gasteiger charge is 2.24. The Hall–Kier alpha value is 0.0700. The summed E-state index contributed by atoms with van der Waals surface area (Å²) in [5.74, 6) is 0. The van der Waals surface area contributed by atoms with Crippen LogP contribution in [0.3, 0.4) is 0 Å². The van der Waals surface area contributed by atoms with Crippen LogP contribution >= 0.6 is 0 Å². The van der Waals surface area contributed by atoms with E-state index in [2.05, 4.69) is 31.0 Å². The van der Waals surface area contributed by atoms with Crippen LogP contribution in [0.4, 0.5) is 0 Å². The Morgan fingerprint density at radius 1 is 1.53 bits per heavy atom. The highest BCUT2D eigenvalue weighted by atomic mass is 32.2. The van der Waals surface area contributed by atoms with Crippen LogP contribution in [-0.2, 0) is 10.8 Å². The average molecular weight is 260 g/mol. The molecule has 1 rings (SSSR count). The smallest absolute Gasteiger partial charge is 0.0329 e. The minimum Gasteiger partial charge on any atom is -0.314 e. The van der Waals surface area contributed by atoms with Crippen LogP contribution in [0.1, 0.15) is 40.0 Å². The van der Waals surface area contributed by atoms with Crippen molar-refractivity contribution < 1.29 is 4.21 Å². The van der Waals surface area contributed by atoms with Gasteiger partial charge in [-0.3, -0.25) is 4.21 Å². The maximum absolute atomic E-state index is 11.3. The molecular formula is C13H28N2OS. The molecule has 0 aromatic carbocycles. The fourth-order valence-electron chi connectivity index (χ4n) is 2.54. The summed E-state index contributed by atoms with van der Waals surface area (Å²) in [4.78, 5) is 2.55. The summed E-state index contributed by atoms with van der Waals surface area (Å²) >= 11 is 0. The van der Waals surface area contributed by atoms with Crippen LogP contribution < -0.4 is 5.32 Å². The topological polar surface area (TPSA) is 32.3 Å². The molecule has 0 radical (unpaired) electrons. The molecule has 4 heteroatoms. The molecule has 102 valence electrons. The van der Waals surface area contributed by atoms with Gasteiger partial charge in [0.1, 0.15) is 0 Å². The molecule has 4 unspecified atom stereocenters. The Bertz CT molecular complexity index is 248. The number of hydrogen-bond acceptors (Lipinski definition) is 3. The Morgan fingerprint density at radius 3 is 2.76 bits per heavy atom. The molecule has 0 bridgehead atoms. The molecule has 1 heterocycles. The molecule has 0 spiro atoms. The van der Waals surface area contributed by atoms with Crippen molar-refractivity contribution in [3.8, 4) is 0 Å². The number of rotatable bonds is 6. The van der Waals surface area contributed by atoms with Crippen LogP contribution in [0, 0.1) is 0 Å². The van der Waals surface area contributed by atoms with Gasteiger partial charge < -0.3 is 10.2 Å². The SMILES string of the molecule is CCNC1CCN(CCC(C)S(C)=O)C(C)C1. The zero-order valence-electron chi connectivity index (χ0n) is 11.7. The van der Waals surface area contributed by atoms with Crippen LogP contribution in [0.25, 0.3) is 0 Å².